The summed E-state index contributed by atoms with van der Waals surface area (Å²) in [6.07, 6.45) is 0.683. The van der Waals surface area contributed by atoms with Crippen molar-refractivity contribution < 1.29 is 23.8 Å². The van der Waals surface area contributed by atoms with E-state index in [-0.39, 0.29) is 11.8 Å². The molecule has 35 heavy (non-hydrogen) atoms. The van der Waals surface area contributed by atoms with Crippen molar-refractivity contribution in [3.63, 3.8) is 0 Å². The van der Waals surface area contributed by atoms with E-state index in [0.717, 1.165) is 16.9 Å². The minimum Gasteiger partial charge on any atom is -0.497 e. The Morgan fingerprint density at radius 1 is 1.06 bits per heavy atom. The maximum absolute atomic E-state index is 13.2. The van der Waals surface area contributed by atoms with Gasteiger partial charge in [0, 0.05) is 29.9 Å². The Kier molecular flexibility index (Phi) is 7.55. The number of rotatable bonds is 8. The SMILES string of the molecule is CC[C@H]1Oc2ccc(NC(=O)c3ccc(OC)cc3)cc2CN(CCc2ccccc2OC)C1=O. The van der Waals surface area contributed by atoms with Gasteiger partial charge in [-0.3, -0.25) is 9.59 Å². The molecule has 1 heterocycles. The van der Waals surface area contributed by atoms with Crippen LogP contribution in [0.3, 0.4) is 0 Å². The fourth-order valence-electron chi connectivity index (χ4n) is 4.14. The summed E-state index contributed by atoms with van der Waals surface area (Å²) in [4.78, 5) is 27.8. The first-order chi connectivity index (χ1) is 17.0. The summed E-state index contributed by atoms with van der Waals surface area (Å²) in [7, 11) is 3.23. The largest absolute Gasteiger partial charge is 0.497 e. The Bertz CT molecular complexity index is 1190. The van der Waals surface area contributed by atoms with Gasteiger partial charge in [-0.05, 0) is 66.9 Å². The predicted molar refractivity (Wildman–Crippen MR) is 134 cm³/mol. The Hall–Kier alpha value is -4.00. The van der Waals surface area contributed by atoms with Crippen molar-refractivity contribution >= 4 is 17.5 Å². The fraction of sp³-hybridized carbons (Fsp3) is 0.286. The molecule has 4 rings (SSSR count). The van der Waals surface area contributed by atoms with Crippen LogP contribution in [0.5, 0.6) is 17.2 Å². The number of para-hydroxylation sites is 1. The number of carbonyl (C=O) groups excluding carboxylic acids is 2. The van der Waals surface area contributed by atoms with Gasteiger partial charge in [0.25, 0.3) is 11.8 Å². The first-order valence-corrected chi connectivity index (χ1v) is 11.7. The number of fused-ring (bicyclic) bond motifs is 1. The Labute approximate surface area is 205 Å². The standard InChI is InChI=1S/C28H30N2O5/c1-4-24-28(32)30(16-15-19-7-5-6-8-25(19)34-3)18-21-17-22(11-14-26(21)35-24)29-27(31)20-9-12-23(33-2)13-10-20/h5-14,17,24H,4,15-16,18H2,1-3H3,(H,29,31)/t24-/m1/s1. The molecule has 0 saturated heterocycles. The number of carbonyl (C=O) groups is 2. The zero-order valence-corrected chi connectivity index (χ0v) is 20.2. The van der Waals surface area contributed by atoms with E-state index in [9.17, 15) is 9.59 Å². The minimum absolute atomic E-state index is 0.0394. The van der Waals surface area contributed by atoms with Crippen molar-refractivity contribution in [3.8, 4) is 17.2 Å². The van der Waals surface area contributed by atoms with Crippen molar-refractivity contribution in [2.24, 2.45) is 0 Å². The molecule has 0 aromatic heterocycles. The average Bonchev–Trinajstić information content (AvgIpc) is 3.03. The number of anilines is 1. The van der Waals surface area contributed by atoms with Crippen LogP contribution in [0.4, 0.5) is 5.69 Å². The Balaban J connectivity index is 1.53. The topological polar surface area (TPSA) is 77.1 Å². The monoisotopic (exact) mass is 474 g/mol. The predicted octanol–water partition coefficient (Wildman–Crippen LogP) is 4.70. The molecule has 1 aliphatic rings. The lowest BCUT2D eigenvalue weighted by Gasteiger charge is -2.23. The molecule has 1 atom stereocenters. The zero-order valence-electron chi connectivity index (χ0n) is 20.2. The third-order valence-electron chi connectivity index (χ3n) is 6.10. The Morgan fingerprint density at radius 3 is 2.54 bits per heavy atom. The van der Waals surface area contributed by atoms with Crippen LogP contribution in [0.25, 0.3) is 0 Å². The van der Waals surface area contributed by atoms with Gasteiger partial charge in [0.2, 0.25) is 0 Å². The normalized spacial score (nSPS) is 15.0. The van der Waals surface area contributed by atoms with Crippen molar-refractivity contribution in [2.75, 3.05) is 26.1 Å². The number of methoxy groups -OCH3 is 2. The van der Waals surface area contributed by atoms with Crippen molar-refractivity contribution in [1.29, 1.82) is 0 Å². The maximum Gasteiger partial charge on any atom is 0.263 e. The fourth-order valence-corrected chi connectivity index (χ4v) is 4.14. The van der Waals surface area contributed by atoms with E-state index in [1.165, 1.54) is 0 Å². The first-order valence-electron chi connectivity index (χ1n) is 11.7. The third-order valence-corrected chi connectivity index (χ3v) is 6.10. The molecule has 3 aromatic carbocycles. The summed E-state index contributed by atoms with van der Waals surface area (Å²) in [5, 5.41) is 2.94. The molecule has 3 aromatic rings. The summed E-state index contributed by atoms with van der Waals surface area (Å²) in [6, 6.07) is 20.2. The van der Waals surface area contributed by atoms with E-state index in [1.54, 1.807) is 44.6 Å². The van der Waals surface area contributed by atoms with Crippen LogP contribution in [0.15, 0.2) is 66.7 Å². The number of amides is 2. The molecule has 1 N–H and O–H groups in total. The molecular weight excluding hydrogens is 444 g/mol. The lowest BCUT2D eigenvalue weighted by Crippen LogP contribution is -2.40. The van der Waals surface area contributed by atoms with Crippen LogP contribution < -0.4 is 19.5 Å². The molecule has 7 nitrogen and oxygen atoms in total. The highest BCUT2D eigenvalue weighted by Gasteiger charge is 2.30. The molecule has 7 heteroatoms. The lowest BCUT2D eigenvalue weighted by atomic mass is 10.1. The van der Waals surface area contributed by atoms with Crippen LogP contribution in [-0.4, -0.2) is 43.6 Å². The second-order valence-electron chi connectivity index (χ2n) is 8.34. The number of ether oxygens (including phenoxy) is 3. The summed E-state index contributed by atoms with van der Waals surface area (Å²) >= 11 is 0. The highest BCUT2D eigenvalue weighted by molar-refractivity contribution is 6.04. The average molecular weight is 475 g/mol. The summed E-state index contributed by atoms with van der Waals surface area (Å²) in [6.45, 7) is 2.86. The number of hydrogen-bond acceptors (Lipinski definition) is 5. The van der Waals surface area contributed by atoms with Crippen molar-refractivity contribution in [3.05, 3.63) is 83.4 Å². The van der Waals surface area contributed by atoms with Crippen molar-refractivity contribution in [1.82, 2.24) is 4.90 Å². The number of hydrogen-bond donors (Lipinski definition) is 1. The highest BCUT2D eigenvalue weighted by Crippen LogP contribution is 2.30. The van der Waals surface area contributed by atoms with Gasteiger partial charge < -0.3 is 24.4 Å². The summed E-state index contributed by atoms with van der Waals surface area (Å²) in [5.41, 5.74) is 3.06. The smallest absolute Gasteiger partial charge is 0.263 e. The van der Waals surface area contributed by atoms with E-state index in [2.05, 4.69) is 5.32 Å². The molecule has 0 fully saturated rings. The molecule has 1 aliphatic heterocycles. The second kappa shape index (κ2) is 11.0. The minimum atomic E-state index is -0.548. The molecular formula is C28H30N2O5. The molecule has 0 unspecified atom stereocenters. The first kappa shape index (κ1) is 24.1. The van der Waals surface area contributed by atoms with Gasteiger partial charge in [0.15, 0.2) is 6.10 Å². The highest BCUT2D eigenvalue weighted by atomic mass is 16.5. The molecule has 0 aliphatic carbocycles. The van der Waals surface area contributed by atoms with Gasteiger partial charge in [0.1, 0.15) is 17.2 Å². The number of nitrogens with one attached hydrogen (secondary N) is 1. The Morgan fingerprint density at radius 2 is 1.83 bits per heavy atom. The van der Waals surface area contributed by atoms with Gasteiger partial charge in [-0.15, -0.1) is 0 Å². The van der Waals surface area contributed by atoms with Crippen LogP contribution >= 0.6 is 0 Å². The summed E-state index contributed by atoms with van der Waals surface area (Å²) < 4.78 is 16.7. The second-order valence-corrected chi connectivity index (χ2v) is 8.34. The lowest BCUT2D eigenvalue weighted by molar-refractivity contribution is -0.138. The van der Waals surface area contributed by atoms with E-state index in [1.807, 2.05) is 48.2 Å². The van der Waals surface area contributed by atoms with Crippen LogP contribution in [-0.2, 0) is 17.8 Å². The molecule has 0 saturated carbocycles. The van der Waals surface area contributed by atoms with Gasteiger partial charge in [-0.1, -0.05) is 25.1 Å². The number of benzene rings is 3. The van der Waals surface area contributed by atoms with Crippen molar-refractivity contribution in [2.45, 2.75) is 32.4 Å². The van der Waals surface area contributed by atoms with E-state index in [4.69, 9.17) is 14.2 Å². The third kappa shape index (κ3) is 5.57. The van der Waals surface area contributed by atoms with Gasteiger partial charge in [0.05, 0.1) is 14.2 Å². The van der Waals surface area contributed by atoms with E-state index in [0.29, 0.717) is 48.7 Å². The molecule has 182 valence electrons. The number of nitrogens with zero attached hydrogens (tertiary/aromatic N) is 1. The van der Waals surface area contributed by atoms with Gasteiger partial charge in [-0.2, -0.15) is 0 Å². The summed E-state index contributed by atoms with van der Waals surface area (Å²) in [5.74, 6) is 1.89. The van der Waals surface area contributed by atoms with Gasteiger partial charge >= 0.3 is 0 Å². The zero-order chi connectivity index (χ0) is 24.8. The van der Waals surface area contributed by atoms with Crippen LogP contribution in [0.1, 0.15) is 34.8 Å². The molecule has 0 bridgehead atoms. The molecule has 2 amide bonds. The molecule has 0 radical (unpaired) electrons. The quantitative estimate of drug-likeness (QED) is 0.512. The van der Waals surface area contributed by atoms with Crippen LogP contribution in [0.2, 0.25) is 0 Å². The maximum atomic E-state index is 13.2. The van der Waals surface area contributed by atoms with E-state index >= 15 is 0 Å². The molecule has 0 spiro atoms. The van der Waals surface area contributed by atoms with Crippen LogP contribution in [0, 0.1) is 0 Å². The van der Waals surface area contributed by atoms with Gasteiger partial charge in [-0.25, -0.2) is 0 Å². The van der Waals surface area contributed by atoms with E-state index < -0.39 is 6.10 Å².